The van der Waals surface area contributed by atoms with Crippen LogP contribution in [-0.2, 0) is 4.74 Å². The van der Waals surface area contributed by atoms with Crippen LogP contribution in [-0.4, -0.2) is 61.8 Å². The molecule has 3 fully saturated rings. The van der Waals surface area contributed by atoms with Crippen LogP contribution in [0.3, 0.4) is 0 Å². The fraction of sp³-hybridized carbons (Fsp3) is 1.00. The van der Waals surface area contributed by atoms with Gasteiger partial charge in [-0.1, -0.05) is 0 Å². The quantitative estimate of drug-likeness (QED) is 0.672. The topological polar surface area (TPSA) is 15.7 Å². The molecule has 0 radical (unpaired) electrons. The van der Waals surface area contributed by atoms with Crippen LogP contribution < -0.4 is 0 Å². The van der Waals surface area contributed by atoms with E-state index < -0.39 is 0 Å². The molecule has 0 amide bonds. The van der Waals surface area contributed by atoms with Crippen molar-refractivity contribution in [1.82, 2.24) is 9.80 Å². The Bertz CT molecular complexity index is 255. The normalized spacial score (nSPS) is 30.3. The van der Waals surface area contributed by atoms with Gasteiger partial charge in [-0.05, 0) is 64.1 Å². The lowest BCUT2D eigenvalue weighted by Gasteiger charge is -2.25. The smallest absolute Gasteiger partial charge is 0.0494 e. The van der Waals surface area contributed by atoms with Crippen LogP contribution in [0.4, 0.5) is 0 Å². The van der Waals surface area contributed by atoms with E-state index in [1.807, 2.05) is 0 Å². The summed E-state index contributed by atoms with van der Waals surface area (Å²) < 4.78 is 5.73. The van der Waals surface area contributed by atoms with Crippen LogP contribution in [0.5, 0.6) is 0 Å². The molecule has 1 saturated carbocycles. The molecular weight excluding hydrogens is 224 g/mol. The lowest BCUT2D eigenvalue weighted by atomic mass is 10.2. The van der Waals surface area contributed by atoms with Crippen molar-refractivity contribution in [3.63, 3.8) is 0 Å². The standard InChI is InChI=1S/C15H28N2O/c1-4-15-12-16(7-2-10-17(15)9-1)8-3-11-18-13-14-5-6-14/h14-15H,1-13H2. The van der Waals surface area contributed by atoms with E-state index in [1.54, 1.807) is 0 Å². The summed E-state index contributed by atoms with van der Waals surface area (Å²) in [6.07, 6.45) is 8.24. The molecule has 104 valence electrons. The van der Waals surface area contributed by atoms with Gasteiger partial charge in [-0.3, -0.25) is 4.90 Å². The minimum Gasteiger partial charge on any atom is -0.381 e. The summed E-state index contributed by atoms with van der Waals surface area (Å²) in [6.45, 7) is 8.54. The molecule has 0 aromatic heterocycles. The molecule has 0 spiro atoms. The minimum atomic E-state index is 0.861. The lowest BCUT2D eigenvalue weighted by molar-refractivity contribution is 0.110. The Morgan fingerprint density at radius 2 is 1.89 bits per heavy atom. The highest BCUT2D eigenvalue weighted by molar-refractivity contribution is 4.84. The maximum atomic E-state index is 5.73. The molecule has 1 aliphatic carbocycles. The number of hydrogen-bond donors (Lipinski definition) is 0. The van der Waals surface area contributed by atoms with Gasteiger partial charge in [-0.25, -0.2) is 0 Å². The first-order valence-corrected chi connectivity index (χ1v) is 7.96. The first-order valence-electron chi connectivity index (χ1n) is 7.96. The average molecular weight is 252 g/mol. The third kappa shape index (κ3) is 3.69. The summed E-state index contributed by atoms with van der Waals surface area (Å²) >= 11 is 0. The molecule has 0 N–H and O–H groups in total. The maximum absolute atomic E-state index is 5.73. The zero-order valence-corrected chi connectivity index (χ0v) is 11.6. The Labute approximate surface area is 111 Å². The van der Waals surface area contributed by atoms with Gasteiger partial charge in [0.25, 0.3) is 0 Å². The van der Waals surface area contributed by atoms with E-state index in [9.17, 15) is 0 Å². The largest absolute Gasteiger partial charge is 0.381 e. The summed E-state index contributed by atoms with van der Waals surface area (Å²) in [5.41, 5.74) is 0. The van der Waals surface area contributed by atoms with E-state index in [1.165, 1.54) is 71.2 Å². The Morgan fingerprint density at radius 3 is 2.78 bits per heavy atom. The van der Waals surface area contributed by atoms with Crippen LogP contribution in [0.1, 0.15) is 38.5 Å². The second kappa shape index (κ2) is 6.36. The highest BCUT2D eigenvalue weighted by atomic mass is 16.5. The highest BCUT2D eigenvalue weighted by Gasteiger charge is 2.28. The molecule has 18 heavy (non-hydrogen) atoms. The van der Waals surface area contributed by atoms with Crippen LogP contribution >= 0.6 is 0 Å². The Balaban J connectivity index is 1.31. The van der Waals surface area contributed by atoms with Crippen LogP contribution in [0, 0.1) is 5.92 Å². The number of nitrogens with zero attached hydrogens (tertiary/aromatic N) is 2. The second-order valence-electron chi connectivity index (χ2n) is 6.36. The van der Waals surface area contributed by atoms with Gasteiger partial charge in [0.05, 0.1) is 0 Å². The Hall–Kier alpha value is -0.120. The summed E-state index contributed by atoms with van der Waals surface area (Å²) in [7, 11) is 0. The molecule has 0 aromatic carbocycles. The molecule has 2 saturated heterocycles. The molecule has 0 bridgehead atoms. The van der Waals surface area contributed by atoms with Crippen molar-refractivity contribution < 1.29 is 4.74 Å². The van der Waals surface area contributed by atoms with Crippen LogP contribution in [0.15, 0.2) is 0 Å². The zero-order valence-electron chi connectivity index (χ0n) is 11.6. The van der Waals surface area contributed by atoms with Crippen molar-refractivity contribution in [3.8, 4) is 0 Å². The van der Waals surface area contributed by atoms with Gasteiger partial charge in [0.2, 0.25) is 0 Å². The predicted octanol–water partition coefficient (Wildman–Crippen LogP) is 1.97. The van der Waals surface area contributed by atoms with Crippen molar-refractivity contribution in [2.45, 2.75) is 44.6 Å². The van der Waals surface area contributed by atoms with E-state index in [4.69, 9.17) is 4.74 Å². The Kier molecular flexibility index (Phi) is 4.55. The molecule has 3 aliphatic rings. The monoisotopic (exact) mass is 252 g/mol. The molecule has 0 aromatic rings. The van der Waals surface area contributed by atoms with Gasteiger partial charge in [0, 0.05) is 32.3 Å². The minimum absolute atomic E-state index is 0.861. The summed E-state index contributed by atoms with van der Waals surface area (Å²) in [5.74, 6) is 0.912. The highest BCUT2D eigenvalue weighted by Crippen LogP contribution is 2.28. The van der Waals surface area contributed by atoms with Crippen molar-refractivity contribution in [1.29, 1.82) is 0 Å². The molecule has 2 heterocycles. The predicted molar refractivity (Wildman–Crippen MR) is 73.8 cm³/mol. The second-order valence-corrected chi connectivity index (χ2v) is 6.36. The summed E-state index contributed by atoms with van der Waals surface area (Å²) in [4.78, 5) is 5.39. The zero-order chi connectivity index (χ0) is 12.2. The number of fused-ring (bicyclic) bond motifs is 1. The van der Waals surface area contributed by atoms with Crippen molar-refractivity contribution in [2.24, 2.45) is 5.92 Å². The van der Waals surface area contributed by atoms with Crippen molar-refractivity contribution >= 4 is 0 Å². The average Bonchev–Trinajstić information content (AvgIpc) is 3.13. The molecule has 3 nitrogen and oxygen atoms in total. The van der Waals surface area contributed by atoms with Gasteiger partial charge in [0.1, 0.15) is 0 Å². The number of hydrogen-bond acceptors (Lipinski definition) is 3. The van der Waals surface area contributed by atoms with Crippen molar-refractivity contribution in [3.05, 3.63) is 0 Å². The van der Waals surface area contributed by atoms with E-state index in [-0.39, 0.29) is 0 Å². The fourth-order valence-corrected chi connectivity index (χ4v) is 3.41. The first-order chi connectivity index (χ1) is 8.92. The van der Waals surface area contributed by atoms with E-state index in [0.29, 0.717) is 0 Å². The first kappa shape index (κ1) is 12.9. The van der Waals surface area contributed by atoms with E-state index >= 15 is 0 Å². The van der Waals surface area contributed by atoms with Crippen LogP contribution in [0.25, 0.3) is 0 Å². The van der Waals surface area contributed by atoms with Gasteiger partial charge < -0.3 is 9.64 Å². The molecule has 1 unspecified atom stereocenters. The third-order valence-corrected chi connectivity index (χ3v) is 4.70. The van der Waals surface area contributed by atoms with Gasteiger partial charge in [0.15, 0.2) is 0 Å². The molecular formula is C15H28N2O. The maximum Gasteiger partial charge on any atom is 0.0494 e. The Morgan fingerprint density at radius 1 is 1.00 bits per heavy atom. The van der Waals surface area contributed by atoms with E-state index in [2.05, 4.69) is 9.80 Å². The molecule has 2 aliphatic heterocycles. The van der Waals surface area contributed by atoms with Gasteiger partial charge in [-0.15, -0.1) is 0 Å². The number of rotatable bonds is 6. The van der Waals surface area contributed by atoms with Crippen molar-refractivity contribution in [2.75, 3.05) is 45.9 Å². The molecule has 3 heteroatoms. The van der Waals surface area contributed by atoms with E-state index in [0.717, 1.165) is 25.2 Å². The molecule has 3 rings (SSSR count). The van der Waals surface area contributed by atoms with Crippen LogP contribution in [0.2, 0.25) is 0 Å². The van der Waals surface area contributed by atoms with Gasteiger partial charge in [-0.2, -0.15) is 0 Å². The number of ether oxygens (including phenoxy) is 1. The molecule has 1 atom stereocenters. The summed E-state index contributed by atoms with van der Waals surface area (Å²) in [6, 6.07) is 0.861. The fourth-order valence-electron chi connectivity index (χ4n) is 3.41. The summed E-state index contributed by atoms with van der Waals surface area (Å²) in [5, 5.41) is 0. The SMILES string of the molecule is C(COCC1CC1)CN1CCCN2CCCC2C1. The lowest BCUT2D eigenvalue weighted by Crippen LogP contribution is -2.37. The third-order valence-electron chi connectivity index (χ3n) is 4.70. The van der Waals surface area contributed by atoms with Gasteiger partial charge >= 0.3 is 0 Å².